The Bertz CT molecular complexity index is 748. The summed E-state index contributed by atoms with van der Waals surface area (Å²) in [6.45, 7) is 4.43. The van der Waals surface area contributed by atoms with E-state index in [9.17, 15) is 0 Å². The van der Waals surface area contributed by atoms with E-state index in [1.54, 1.807) is 0 Å². The van der Waals surface area contributed by atoms with Crippen molar-refractivity contribution in [3.05, 3.63) is 72.6 Å². The van der Waals surface area contributed by atoms with Gasteiger partial charge in [0.15, 0.2) is 0 Å². The molecule has 2 aromatic heterocycles. The number of aromatic nitrogens is 2. The predicted octanol–water partition coefficient (Wildman–Crippen LogP) is 5.01. The lowest BCUT2D eigenvalue weighted by Gasteiger charge is -2.08. The summed E-state index contributed by atoms with van der Waals surface area (Å²) in [6, 6.07) is 20.6. The van der Waals surface area contributed by atoms with E-state index in [0.29, 0.717) is 5.92 Å². The third-order valence-corrected chi connectivity index (χ3v) is 3.55. The van der Waals surface area contributed by atoms with Gasteiger partial charge in [-0.3, -0.25) is 9.97 Å². The van der Waals surface area contributed by atoms with E-state index in [1.807, 2.05) is 30.5 Å². The van der Waals surface area contributed by atoms with Crippen molar-refractivity contribution in [3.63, 3.8) is 0 Å². The highest BCUT2D eigenvalue weighted by Gasteiger charge is 2.05. The Balaban J connectivity index is 1.96. The Kier molecular flexibility index (Phi) is 4.29. The van der Waals surface area contributed by atoms with E-state index in [2.05, 4.69) is 55.2 Å². The smallest absolute Gasteiger partial charge is 0.0708 e. The van der Waals surface area contributed by atoms with Crippen molar-refractivity contribution in [2.45, 2.75) is 20.3 Å². The van der Waals surface area contributed by atoms with Crippen LogP contribution in [0.1, 0.15) is 19.5 Å². The predicted molar refractivity (Wildman–Crippen MR) is 91.4 cm³/mol. The maximum absolute atomic E-state index is 4.79. The first-order valence-corrected chi connectivity index (χ1v) is 7.70. The molecule has 0 atom stereocenters. The van der Waals surface area contributed by atoms with Crippen LogP contribution in [0, 0.1) is 5.92 Å². The number of benzene rings is 1. The minimum Gasteiger partial charge on any atom is -0.256 e. The van der Waals surface area contributed by atoms with Gasteiger partial charge >= 0.3 is 0 Å². The third-order valence-electron chi connectivity index (χ3n) is 3.55. The maximum atomic E-state index is 4.79. The number of hydrogen-bond donors (Lipinski definition) is 0. The monoisotopic (exact) mass is 288 g/mol. The van der Waals surface area contributed by atoms with Crippen LogP contribution in [0.25, 0.3) is 22.5 Å². The van der Waals surface area contributed by atoms with Crippen molar-refractivity contribution in [1.29, 1.82) is 0 Å². The molecule has 0 aliphatic heterocycles. The second kappa shape index (κ2) is 6.52. The summed E-state index contributed by atoms with van der Waals surface area (Å²) in [5, 5.41) is 0. The van der Waals surface area contributed by atoms with Crippen molar-refractivity contribution >= 4 is 0 Å². The van der Waals surface area contributed by atoms with Crippen LogP contribution in [0.15, 0.2) is 66.9 Å². The lowest BCUT2D eigenvalue weighted by atomic mass is 10.0. The lowest BCUT2D eigenvalue weighted by molar-refractivity contribution is 0.636. The molecule has 2 nitrogen and oxygen atoms in total. The van der Waals surface area contributed by atoms with Gasteiger partial charge in [0.05, 0.1) is 11.4 Å². The molecule has 0 N–H and O–H groups in total. The topological polar surface area (TPSA) is 25.8 Å². The molecule has 2 heteroatoms. The second-order valence-electron chi connectivity index (χ2n) is 5.91. The Hall–Kier alpha value is -2.48. The summed E-state index contributed by atoms with van der Waals surface area (Å²) in [5.74, 6) is 0.611. The molecule has 0 unspecified atom stereocenters. The van der Waals surface area contributed by atoms with Crippen molar-refractivity contribution in [1.82, 2.24) is 9.97 Å². The summed E-state index contributed by atoms with van der Waals surface area (Å²) < 4.78 is 0. The molecule has 3 aromatic rings. The average Bonchev–Trinajstić information content (AvgIpc) is 2.55. The summed E-state index contributed by atoms with van der Waals surface area (Å²) in [5.41, 5.74) is 5.37. The van der Waals surface area contributed by atoms with Crippen molar-refractivity contribution in [3.8, 4) is 22.5 Å². The van der Waals surface area contributed by atoms with Gasteiger partial charge in [-0.2, -0.15) is 0 Å². The van der Waals surface area contributed by atoms with Gasteiger partial charge in [-0.15, -0.1) is 0 Å². The molecular weight excluding hydrogens is 268 g/mol. The molecule has 0 saturated heterocycles. The molecule has 0 aliphatic carbocycles. The average molecular weight is 288 g/mol. The van der Waals surface area contributed by atoms with E-state index >= 15 is 0 Å². The molecule has 2 heterocycles. The molecule has 22 heavy (non-hydrogen) atoms. The van der Waals surface area contributed by atoms with Gasteiger partial charge in [-0.1, -0.05) is 50.2 Å². The highest BCUT2D eigenvalue weighted by atomic mass is 14.7. The molecule has 0 bridgehead atoms. The van der Waals surface area contributed by atoms with E-state index in [0.717, 1.165) is 34.6 Å². The molecule has 0 amide bonds. The van der Waals surface area contributed by atoms with Crippen LogP contribution < -0.4 is 0 Å². The Morgan fingerprint density at radius 3 is 2.41 bits per heavy atom. The first-order valence-electron chi connectivity index (χ1n) is 7.70. The number of pyridine rings is 2. The van der Waals surface area contributed by atoms with Crippen LogP contribution >= 0.6 is 0 Å². The lowest BCUT2D eigenvalue weighted by Crippen LogP contribution is -1.98. The van der Waals surface area contributed by atoms with Gasteiger partial charge in [-0.05, 0) is 36.6 Å². The fourth-order valence-electron chi connectivity index (χ4n) is 2.53. The van der Waals surface area contributed by atoms with Gasteiger partial charge in [-0.25, -0.2) is 0 Å². The van der Waals surface area contributed by atoms with Crippen LogP contribution in [0.2, 0.25) is 0 Å². The Morgan fingerprint density at radius 1 is 0.818 bits per heavy atom. The zero-order valence-corrected chi connectivity index (χ0v) is 13.0. The van der Waals surface area contributed by atoms with Crippen molar-refractivity contribution in [2.24, 2.45) is 5.92 Å². The number of hydrogen-bond acceptors (Lipinski definition) is 2. The largest absolute Gasteiger partial charge is 0.256 e. The number of nitrogens with zero attached hydrogens (tertiary/aromatic N) is 2. The number of rotatable bonds is 4. The Labute approximate surface area is 131 Å². The zero-order chi connectivity index (χ0) is 15.4. The quantitative estimate of drug-likeness (QED) is 0.674. The SMILES string of the molecule is CC(C)Cc1cccc(-c2ccnc(-c3ccccc3)c2)n1. The van der Waals surface area contributed by atoms with Gasteiger partial charge in [0, 0.05) is 23.0 Å². The summed E-state index contributed by atoms with van der Waals surface area (Å²) in [6.07, 6.45) is 2.86. The standard InChI is InChI=1S/C20H20N2/c1-15(2)13-18-9-6-10-19(22-18)17-11-12-21-20(14-17)16-7-4-3-5-8-16/h3-12,14-15H,13H2,1-2H3. The van der Waals surface area contributed by atoms with Crippen LogP contribution in [0.4, 0.5) is 0 Å². The minimum absolute atomic E-state index is 0.611. The minimum atomic E-state index is 0.611. The van der Waals surface area contributed by atoms with Gasteiger partial charge in [0.1, 0.15) is 0 Å². The molecule has 3 rings (SSSR count). The summed E-state index contributed by atoms with van der Waals surface area (Å²) in [7, 11) is 0. The normalized spacial score (nSPS) is 10.9. The molecular formula is C20H20N2. The van der Waals surface area contributed by atoms with Crippen LogP contribution in [0.3, 0.4) is 0 Å². The van der Waals surface area contributed by atoms with Crippen LogP contribution in [0.5, 0.6) is 0 Å². The summed E-state index contributed by atoms with van der Waals surface area (Å²) in [4.78, 5) is 9.27. The molecule has 0 saturated carbocycles. The zero-order valence-electron chi connectivity index (χ0n) is 13.0. The van der Waals surface area contributed by atoms with Crippen molar-refractivity contribution < 1.29 is 0 Å². The van der Waals surface area contributed by atoms with Gasteiger partial charge in [0.25, 0.3) is 0 Å². The Morgan fingerprint density at radius 2 is 1.64 bits per heavy atom. The molecule has 0 radical (unpaired) electrons. The first-order chi connectivity index (χ1) is 10.7. The highest BCUT2D eigenvalue weighted by molar-refractivity contribution is 5.68. The highest BCUT2D eigenvalue weighted by Crippen LogP contribution is 2.23. The second-order valence-corrected chi connectivity index (χ2v) is 5.91. The van der Waals surface area contributed by atoms with Crippen molar-refractivity contribution in [2.75, 3.05) is 0 Å². The molecule has 0 spiro atoms. The summed E-state index contributed by atoms with van der Waals surface area (Å²) >= 11 is 0. The molecule has 0 fully saturated rings. The van der Waals surface area contributed by atoms with E-state index < -0.39 is 0 Å². The fraction of sp³-hybridized carbons (Fsp3) is 0.200. The fourth-order valence-corrected chi connectivity index (χ4v) is 2.53. The van der Waals surface area contributed by atoms with Gasteiger partial charge in [0.2, 0.25) is 0 Å². The third kappa shape index (κ3) is 3.40. The van der Waals surface area contributed by atoms with E-state index in [4.69, 9.17) is 4.98 Å². The molecule has 110 valence electrons. The molecule has 1 aromatic carbocycles. The van der Waals surface area contributed by atoms with E-state index in [-0.39, 0.29) is 0 Å². The van der Waals surface area contributed by atoms with Crippen LogP contribution in [-0.4, -0.2) is 9.97 Å². The maximum Gasteiger partial charge on any atom is 0.0708 e. The molecule has 0 aliphatic rings. The van der Waals surface area contributed by atoms with Crippen LogP contribution in [-0.2, 0) is 6.42 Å². The van der Waals surface area contributed by atoms with E-state index in [1.165, 1.54) is 0 Å². The first kappa shape index (κ1) is 14.5. The van der Waals surface area contributed by atoms with Gasteiger partial charge < -0.3 is 0 Å².